The van der Waals surface area contributed by atoms with Gasteiger partial charge in [0.25, 0.3) is 5.69 Å². The third-order valence-electron chi connectivity index (χ3n) is 3.76. The molecule has 0 bridgehead atoms. The van der Waals surface area contributed by atoms with Crippen molar-refractivity contribution in [2.24, 2.45) is 0 Å². The van der Waals surface area contributed by atoms with Crippen LogP contribution in [-0.4, -0.2) is 15.0 Å². The van der Waals surface area contributed by atoms with Gasteiger partial charge in [-0.05, 0) is 52.9 Å². The first-order valence-corrected chi connectivity index (χ1v) is 9.54. The molecule has 10 nitrogen and oxygen atoms in total. The molecule has 0 aliphatic heterocycles. The van der Waals surface area contributed by atoms with E-state index in [2.05, 4.69) is 16.2 Å². The van der Waals surface area contributed by atoms with Crippen LogP contribution in [-0.2, 0) is 6.42 Å². The highest BCUT2D eigenvalue weighted by Gasteiger charge is 2.27. The number of nitro benzene ring substituents is 1. The molecule has 2 heterocycles. The quantitative estimate of drug-likeness (QED) is 0.263. The van der Waals surface area contributed by atoms with Crippen LogP contribution in [0, 0.1) is 20.4 Å². The lowest BCUT2D eigenvalue weighted by atomic mass is 10.1. The van der Waals surface area contributed by atoms with E-state index in [1.54, 1.807) is 17.6 Å². The largest absolute Gasteiger partial charge is 0.409 e. The smallest absolute Gasteiger partial charge is 0.258 e. The molecule has 0 spiro atoms. The summed E-state index contributed by atoms with van der Waals surface area (Å²) in [4.78, 5) is 15.6. The van der Waals surface area contributed by atoms with Crippen molar-refractivity contribution in [2.45, 2.75) is 12.8 Å². The summed E-state index contributed by atoms with van der Waals surface area (Å²) in [6.45, 7) is 0. The number of nitro groups is 1. The fourth-order valence-corrected chi connectivity index (χ4v) is 3.32. The minimum absolute atomic E-state index is 0.106. The van der Waals surface area contributed by atoms with Gasteiger partial charge in [0, 0.05) is 23.3 Å². The zero-order valence-electron chi connectivity index (χ0n) is 13.5. The second-order valence-corrected chi connectivity index (χ2v) is 7.03. The lowest BCUT2D eigenvalue weighted by Gasteiger charge is -2.17. The summed E-state index contributed by atoms with van der Waals surface area (Å²) in [5.41, 5.74) is 6.32. The molecule has 3 aromatic rings. The van der Waals surface area contributed by atoms with Crippen LogP contribution in [0.3, 0.4) is 0 Å². The van der Waals surface area contributed by atoms with Gasteiger partial charge in [0.2, 0.25) is 0 Å². The van der Waals surface area contributed by atoms with Gasteiger partial charge < -0.3 is 0 Å². The maximum absolute atomic E-state index is 10.7. The van der Waals surface area contributed by atoms with Crippen LogP contribution in [0.2, 0.25) is 0 Å². The van der Waals surface area contributed by atoms with Crippen LogP contribution in [0.15, 0.2) is 36.0 Å². The molecule has 4 rings (SSSR count). The van der Waals surface area contributed by atoms with Crippen LogP contribution in [0.5, 0.6) is 0 Å². The summed E-state index contributed by atoms with van der Waals surface area (Å²) in [5, 5.41) is 15.1. The van der Waals surface area contributed by atoms with Crippen LogP contribution < -0.4 is 23.2 Å². The summed E-state index contributed by atoms with van der Waals surface area (Å²) in [7, 11) is -4.94. The molecule has 0 saturated heterocycles. The van der Waals surface area contributed by atoms with Crippen molar-refractivity contribution in [1.82, 2.24) is 10.1 Å². The molecule has 0 saturated carbocycles. The molecule has 0 radical (unpaired) electrons. The topological polar surface area (TPSA) is 165 Å². The van der Waals surface area contributed by atoms with Crippen molar-refractivity contribution in [3.05, 3.63) is 62.9 Å². The van der Waals surface area contributed by atoms with Crippen LogP contribution in [0.1, 0.15) is 23.2 Å². The molecule has 1 aliphatic rings. The van der Waals surface area contributed by atoms with Gasteiger partial charge in [-0.2, -0.15) is 0 Å². The number of hydrogen-bond donors (Lipinski definition) is 0. The van der Waals surface area contributed by atoms with Crippen LogP contribution in [0.4, 0.5) is 5.69 Å². The molecule has 0 amide bonds. The SMILES string of the molecule is O=[N+]([O-])c1ccc(/C=C2\CCc3cnc4scn[n+]4c32)cc1.[O-][Cl+3]([O-])([O-])[O-]. The van der Waals surface area contributed by atoms with Crippen molar-refractivity contribution in [2.75, 3.05) is 0 Å². The minimum Gasteiger partial charge on any atom is -0.258 e. The number of benzene rings is 1. The zero-order chi connectivity index (χ0) is 19.6. The molecular weight excluding hydrogens is 400 g/mol. The Morgan fingerprint density at radius 2 is 1.81 bits per heavy atom. The molecule has 0 unspecified atom stereocenters. The molecule has 0 atom stereocenters. The monoisotopic (exact) mass is 410 g/mol. The second-order valence-electron chi connectivity index (χ2n) is 5.46. The molecule has 27 heavy (non-hydrogen) atoms. The highest BCUT2D eigenvalue weighted by Crippen LogP contribution is 2.31. The van der Waals surface area contributed by atoms with Gasteiger partial charge in [0.05, 0.1) is 4.92 Å². The van der Waals surface area contributed by atoms with E-state index < -0.39 is 10.2 Å². The van der Waals surface area contributed by atoms with E-state index in [0.29, 0.717) is 0 Å². The van der Waals surface area contributed by atoms with E-state index in [-0.39, 0.29) is 10.6 Å². The van der Waals surface area contributed by atoms with Crippen molar-refractivity contribution < 1.29 is 38.3 Å². The molecular formula is C15H11ClN4O6S. The predicted octanol–water partition coefficient (Wildman–Crippen LogP) is -2.08. The highest BCUT2D eigenvalue weighted by atomic mass is 35.7. The average molecular weight is 411 g/mol. The Hall–Kier alpha value is -2.54. The van der Waals surface area contributed by atoms with Crippen molar-refractivity contribution in [1.29, 1.82) is 0 Å². The number of hydrogen-bond acceptors (Lipinski definition) is 9. The maximum atomic E-state index is 10.7. The molecule has 1 aromatic carbocycles. The number of rotatable bonds is 2. The van der Waals surface area contributed by atoms with E-state index in [9.17, 15) is 10.1 Å². The van der Waals surface area contributed by atoms with E-state index in [1.807, 2.05) is 10.7 Å². The molecule has 2 aromatic heterocycles. The maximum Gasteiger partial charge on any atom is 0.409 e. The van der Waals surface area contributed by atoms with Crippen molar-refractivity contribution in [3.63, 3.8) is 0 Å². The Morgan fingerprint density at radius 1 is 1.15 bits per heavy atom. The summed E-state index contributed by atoms with van der Waals surface area (Å²) in [5.74, 6) is 0. The first-order valence-electron chi connectivity index (χ1n) is 7.43. The molecule has 1 aliphatic carbocycles. The minimum atomic E-state index is -4.94. The Labute approximate surface area is 158 Å². The number of non-ortho nitro benzene ring substituents is 1. The Kier molecular flexibility index (Phi) is 5.41. The number of halogens is 1. The summed E-state index contributed by atoms with van der Waals surface area (Å²) < 4.78 is 35.9. The van der Waals surface area contributed by atoms with Crippen LogP contribution >= 0.6 is 11.3 Å². The van der Waals surface area contributed by atoms with Crippen molar-refractivity contribution in [3.8, 4) is 0 Å². The summed E-state index contributed by atoms with van der Waals surface area (Å²) >= 11 is 1.51. The molecule has 0 N–H and O–H groups in total. The fraction of sp³-hybridized carbons (Fsp3) is 0.133. The molecule has 140 valence electrons. The molecule has 12 heteroatoms. The van der Waals surface area contributed by atoms with Gasteiger partial charge in [0.15, 0.2) is 5.69 Å². The van der Waals surface area contributed by atoms with E-state index in [4.69, 9.17) is 18.6 Å². The number of nitrogens with zero attached hydrogens (tertiary/aromatic N) is 4. The lowest BCUT2D eigenvalue weighted by Crippen LogP contribution is -2.68. The Morgan fingerprint density at radius 3 is 2.44 bits per heavy atom. The van der Waals surface area contributed by atoms with Crippen LogP contribution in [0.25, 0.3) is 16.6 Å². The van der Waals surface area contributed by atoms with Gasteiger partial charge in [0.1, 0.15) is 11.7 Å². The van der Waals surface area contributed by atoms with E-state index in [1.165, 1.54) is 34.6 Å². The van der Waals surface area contributed by atoms with Gasteiger partial charge in [-0.1, -0.05) is 9.61 Å². The van der Waals surface area contributed by atoms with E-state index >= 15 is 0 Å². The summed E-state index contributed by atoms with van der Waals surface area (Å²) in [6.07, 6.45) is 5.86. The van der Waals surface area contributed by atoms with Gasteiger partial charge in [-0.25, -0.2) is 18.6 Å². The van der Waals surface area contributed by atoms with E-state index in [0.717, 1.165) is 29.1 Å². The van der Waals surface area contributed by atoms with Crippen molar-refractivity contribution >= 4 is 33.6 Å². The predicted molar refractivity (Wildman–Crippen MR) is 82.4 cm³/mol. The third-order valence-corrected chi connectivity index (χ3v) is 4.45. The summed E-state index contributed by atoms with van der Waals surface area (Å²) in [6, 6.07) is 6.60. The third kappa shape index (κ3) is 4.80. The Bertz CT molecular complexity index is 1010. The van der Waals surface area contributed by atoms with Gasteiger partial charge >= 0.3 is 4.96 Å². The first kappa shape index (κ1) is 19.2. The fourth-order valence-electron chi connectivity index (χ4n) is 2.73. The zero-order valence-corrected chi connectivity index (χ0v) is 15.1. The standard InChI is InChI=1S/C15H11N4O2S.ClHO4/c20-19(21)13-5-1-10(2-6-13)7-11-3-4-12-8-16-15-18(14(11)12)17-9-22-15;2-1(3,4)5/h1-2,5-9H,3-4H2;(H,2,3,4,5)/q+1;/p-1/b11-7+;. The van der Waals surface area contributed by atoms with Gasteiger partial charge in [-0.15, -0.1) is 10.2 Å². The normalized spacial score (nSPS) is 14.7. The number of aromatic nitrogens is 3. The lowest BCUT2D eigenvalue weighted by molar-refractivity contribution is -2.00. The number of fused-ring (bicyclic) bond motifs is 3. The van der Waals surface area contributed by atoms with Gasteiger partial charge in [-0.3, -0.25) is 10.1 Å². The first-order chi connectivity index (χ1) is 12.7. The Balaban J connectivity index is 0.000000376. The average Bonchev–Trinajstić information content (AvgIpc) is 3.20. The highest BCUT2D eigenvalue weighted by molar-refractivity contribution is 7.14. The molecule has 0 fully saturated rings. The number of aryl methyl sites for hydroxylation is 1. The number of allylic oxidation sites excluding steroid dienone is 1. The second kappa shape index (κ2) is 7.60.